The first-order valence-electron chi connectivity index (χ1n) is 6.43. The van der Waals surface area contributed by atoms with Crippen LogP contribution in [0.15, 0.2) is 18.2 Å². The Hall–Kier alpha value is -1.22. The summed E-state index contributed by atoms with van der Waals surface area (Å²) in [6.45, 7) is 8.10. The molecule has 1 atom stereocenters. The normalized spacial score (nSPS) is 21.7. The van der Waals surface area contributed by atoms with Crippen LogP contribution in [0.1, 0.15) is 31.9 Å². The second-order valence-corrected chi connectivity index (χ2v) is 6.34. The standard InChI is InChI=1S/C15H20ClNO2/c1-10-6-5-7-11-12(10)15(8-16,9-17-11)13(18)19-14(2,3)4/h5-7,17H,8-9H2,1-4H3. The van der Waals surface area contributed by atoms with E-state index >= 15 is 0 Å². The molecule has 1 aromatic carbocycles. The van der Waals surface area contributed by atoms with Crippen LogP contribution in [0.5, 0.6) is 0 Å². The van der Waals surface area contributed by atoms with Gasteiger partial charge in [-0.3, -0.25) is 4.79 Å². The van der Waals surface area contributed by atoms with Crippen LogP contribution in [0.3, 0.4) is 0 Å². The summed E-state index contributed by atoms with van der Waals surface area (Å²) in [6.07, 6.45) is 0. The molecule has 1 N–H and O–H groups in total. The number of anilines is 1. The maximum atomic E-state index is 12.6. The Labute approximate surface area is 119 Å². The molecule has 0 radical (unpaired) electrons. The number of nitrogens with one attached hydrogen (secondary N) is 1. The first kappa shape index (κ1) is 14.2. The lowest BCUT2D eigenvalue weighted by atomic mass is 9.81. The number of benzene rings is 1. The molecule has 1 aliphatic rings. The summed E-state index contributed by atoms with van der Waals surface area (Å²) in [6, 6.07) is 5.94. The molecule has 1 aromatic rings. The van der Waals surface area contributed by atoms with E-state index in [0.29, 0.717) is 6.54 Å². The van der Waals surface area contributed by atoms with Gasteiger partial charge in [-0.25, -0.2) is 0 Å². The number of halogens is 1. The minimum Gasteiger partial charge on any atom is -0.459 e. The van der Waals surface area contributed by atoms with Crippen LogP contribution in [0.25, 0.3) is 0 Å². The van der Waals surface area contributed by atoms with Gasteiger partial charge in [-0.2, -0.15) is 0 Å². The monoisotopic (exact) mass is 281 g/mol. The molecule has 19 heavy (non-hydrogen) atoms. The summed E-state index contributed by atoms with van der Waals surface area (Å²) in [5, 5.41) is 3.26. The Kier molecular flexibility index (Phi) is 3.52. The Morgan fingerprint density at radius 2 is 2.16 bits per heavy atom. The molecular weight excluding hydrogens is 262 g/mol. The van der Waals surface area contributed by atoms with Crippen LogP contribution in [0, 0.1) is 6.92 Å². The van der Waals surface area contributed by atoms with Crippen molar-refractivity contribution in [2.75, 3.05) is 17.7 Å². The van der Waals surface area contributed by atoms with E-state index in [4.69, 9.17) is 16.3 Å². The SMILES string of the molecule is Cc1cccc2c1C(CCl)(C(=O)OC(C)(C)C)CN2. The highest BCUT2D eigenvalue weighted by molar-refractivity contribution is 6.21. The fraction of sp³-hybridized carbons (Fsp3) is 0.533. The quantitative estimate of drug-likeness (QED) is 0.668. The third kappa shape index (κ3) is 2.44. The molecule has 1 unspecified atom stereocenters. The Morgan fingerprint density at radius 3 is 2.74 bits per heavy atom. The summed E-state index contributed by atoms with van der Waals surface area (Å²) in [4.78, 5) is 12.6. The highest BCUT2D eigenvalue weighted by atomic mass is 35.5. The first-order valence-corrected chi connectivity index (χ1v) is 6.97. The molecule has 0 saturated heterocycles. The third-order valence-electron chi connectivity index (χ3n) is 3.35. The Morgan fingerprint density at radius 1 is 1.47 bits per heavy atom. The van der Waals surface area contributed by atoms with Crippen molar-refractivity contribution in [2.24, 2.45) is 0 Å². The fourth-order valence-electron chi connectivity index (χ4n) is 2.50. The number of aryl methyl sites for hydroxylation is 1. The predicted octanol–water partition coefficient (Wildman–Crippen LogP) is 3.24. The number of carbonyl (C=O) groups excluding carboxylic acids is 1. The summed E-state index contributed by atoms with van der Waals surface area (Å²) in [5.74, 6) is -0.0391. The van der Waals surface area contributed by atoms with Crippen LogP contribution >= 0.6 is 11.6 Å². The zero-order chi connectivity index (χ0) is 14.3. The molecule has 0 bridgehead atoms. The van der Waals surface area contributed by atoms with E-state index in [2.05, 4.69) is 5.32 Å². The van der Waals surface area contributed by atoms with Gasteiger partial charge < -0.3 is 10.1 Å². The number of carbonyl (C=O) groups is 1. The van der Waals surface area contributed by atoms with Gasteiger partial charge in [0, 0.05) is 18.1 Å². The van der Waals surface area contributed by atoms with Crippen molar-refractivity contribution in [3.63, 3.8) is 0 Å². The molecule has 0 aliphatic carbocycles. The molecule has 104 valence electrons. The smallest absolute Gasteiger partial charge is 0.320 e. The van der Waals surface area contributed by atoms with Gasteiger partial charge >= 0.3 is 5.97 Å². The van der Waals surface area contributed by atoms with Crippen LogP contribution in [-0.2, 0) is 14.9 Å². The molecule has 1 aliphatic heterocycles. The van der Waals surface area contributed by atoms with Crippen LogP contribution < -0.4 is 5.32 Å². The van der Waals surface area contributed by atoms with Crippen molar-refractivity contribution in [1.29, 1.82) is 0 Å². The average Bonchev–Trinajstić information content (AvgIpc) is 2.68. The van der Waals surface area contributed by atoms with Gasteiger partial charge in [0.05, 0.1) is 0 Å². The molecule has 3 nitrogen and oxygen atoms in total. The minimum atomic E-state index is -0.782. The number of rotatable bonds is 2. The van der Waals surface area contributed by atoms with Crippen molar-refractivity contribution < 1.29 is 9.53 Å². The van der Waals surface area contributed by atoms with Crippen molar-refractivity contribution in [2.45, 2.75) is 38.7 Å². The van der Waals surface area contributed by atoms with E-state index in [1.54, 1.807) is 0 Å². The van der Waals surface area contributed by atoms with E-state index in [1.807, 2.05) is 45.9 Å². The molecule has 0 saturated carbocycles. The van der Waals surface area contributed by atoms with Gasteiger partial charge in [-0.1, -0.05) is 12.1 Å². The lowest BCUT2D eigenvalue weighted by Crippen LogP contribution is -2.44. The number of esters is 1. The molecule has 4 heteroatoms. The molecular formula is C15H20ClNO2. The van der Waals surface area contributed by atoms with E-state index in [0.717, 1.165) is 16.8 Å². The van der Waals surface area contributed by atoms with Gasteiger partial charge in [0.25, 0.3) is 0 Å². The van der Waals surface area contributed by atoms with Gasteiger partial charge in [0.1, 0.15) is 11.0 Å². The number of alkyl halides is 1. The minimum absolute atomic E-state index is 0.215. The average molecular weight is 282 g/mol. The first-order chi connectivity index (χ1) is 8.80. The number of hydrogen-bond acceptors (Lipinski definition) is 3. The molecule has 0 spiro atoms. The Balaban J connectivity index is 2.45. The second-order valence-electron chi connectivity index (χ2n) is 6.07. The van der Waals surface area contributed by atoms with Gasteiger partial charge in [0.2, 0.25) is 0 Å². The molecule has 0 fully saturated rings. The van der Waals surface area contributed by atoms with Crippen molar-refractivity contribution in [3.05, 3.63) is 29.3 Å². The van der Waals surface area contributed by atoms with E-state index in [-0.39, 0.29) is 11.8 Å². The van der Waals surface area contributed by atoms with E-state index in [9.17, 15) is 4.79 Å². The predicted molar refractivity (Wildman–Crippen MR) is 77.9 cm³/mol. The van der Waals surface area contributed by atoms with Crippen LogP contribution in [-0.4, -0.2) is 24.0 Å². The largest absolute Gasteiger partial charge is 0.459 e. The lowest BCUT2D eigenvalue weighted by molar-refractivity contribution is -0.160. The number of ether oxygens (including phenoxy) is 1. The second kappa shape index (κ2) is 4.71. The number of fused-ring (bicyclic) bond motifs is 1. The van der Waals surface area contributed by atoms with Gasteiger partial charge in [0.15, 0.2) is 0 Å². The highest BCUT2D eigenvalue weighted by Crippen LogP contribution is 2.41. The van der Waals surface area contributed by atoms with Gasteiger partial charge in [-0.05, 0) is 44.9 Å². The van der Waals surface area contributed by atoms with Crippen LogP contribution in [0.2, 0.25) is 0 Å². The molecule has 0 aromatic heterocycles. The highest BCUT2D eigenvalue weighted by Gasteiger charge is 2.48. The molecule has 0 amide bonds. The maximum Gasteiger partial charge on any atom is 0.320 e. The summed E-state index contributed by atoms with van der Waals surface area (Å²) < 4.78 is 5.56. The van der Waals surface area contributed by atoms with Crippen LogP contribution in [0.4, 0.5) is 5.69 Å². The van der Waals surface area contributed by atoms with Gasteiger partial charge in [-0.15, -0.1) is 11.6 Å². The zero-order valence-corrected chi connectivity index (χ0v) is 12.6. The summed E-state index contributed by atoms with van der Waals surface area (Å²) in [5.41, 5.74) is 1.72. The fourth-order valence-corrected chi connectivity index (χ4v) is 2.84. The topological polar surface area (TPSA) is 38.3 Å². The number of hydrogen-bond donors (Lipinski definition) is 1. The van der Waals surface area contributed by atoms with E-state index < -0.39 is 11.0 Å². The summed E-state index contributed by atoms with van der Waals surface area (Å²) in [7, 11) is 0. The maximum absolute atomic E-state index is 12.6. The molecule has 2 rings (SSSR count). The van der Waals surface area contributed by atoms with E-state index in [1.165, 1.54) is 0 Å². The Bertz CT molecular complexity index is 507. The summed E-state index contributed by atoms with van der Waals surface area (Å²) >= 11 is 6.15. The zero-order valence-electron chi connectivity index (χ0n) is 11.8. The third-order valence-corrected chi connectivity index (χ3v) is 3.81. The lowest BCUT2D eigenvalue weighted by Gasteiger charge is -2.30. The van der Waals surface area contributed by atoms with Crippen molar-refractivity contribution in [1.82, 2.24) is 0 Å². The van der Waals surface area contributed by atoms with Crippen molar-refractivity contribution >= 4 is 23.3 Å². The van der Waals surface area contributed by atoms with Crippen molar-refractivity contribution in [3.8, 4) is 0 Å². The molecule has 1 heterocycles.